The molecule has 0 atom stereocenters. The number of aryl methyl sites for hydroxylation is 1. The molecule has 0 aliphatic carbocycles. The lowest BCUT2D eigenvalue weighted by Crippen LogP contribution is -2.20. The van der Waals surface area contributed by atoms with Gasteiger partial charge in [-0.25, -0.2) is 0 Å². The lowest BCUT2D eigenvalue weighted by Gasteiger charge is -2.20. The molecule has 0 unspecified atom stereocenters. The molecular weight excluding hydrogens is 216 g/mol. The fourth-order valence-corrected chi connectivity index (χ4v) is 1.64. The highest BCUT2D eigenvalue weighted by atomic mass is 16.4. The van der Waals surface area contributed by atoms with E-state index >= 15 is 0 Å². The Bertz CT molecular complexity index is 449. The summed E-state index contributed by atoms with van der Waals surface area (Å²) in [5.41, 5.74) is 2.57. The van der Waals surface area contributed by atoms with Gasteiger partial charge in [0.2, 0.25) is 0 Å². The monoisotopic (exact) mass is 232 g/mol. The predicted molar refractivity (Wildman–Crippen MR) is 66.0 cm³/mol. The highest BCUT2D eigenvalue weighted by Gasteiger charge is 2.08. The number of anilines is 1. The van der Waals surface area contributed by atoms with Gasteiger partial charge in [0.25, 0.3) is 0 Å². The number of rotatable bonds is 5. The molecule has 1 rings (SSSR count). The van der Waals surface area contributed by atoms with Gasteiger partial charge in [-0.05, 0) is 31.0 Å². The second-order valence-corrected chi connectivity index (χ2v) is 4.05. The van der Waals surface area contributed by atoms with Crippen LogP contribution in [0.2, 0.25) is 0 Å². The number of nitrogens with zero attached hydrogens (tertiary/aromatic N) is 2. The zero-order chi connectivity index (χ0) is 12.8. The Hall–Kier alpha value is -2.02. The molecule has 0 radical (unpaired) electrons. The molecule has 90 valence electrons. The van der Waals surface area contributed by atoms with Gasteiger partial charge in [-0.2, -0.15) is 5.26 Å². The summed E-state index contributed by atoms with van der Waals surface area (Å²) in [6, 6.07) is 7.77. The van der Waals surface area contributed by atoms with Crippen molar-refractivity contribution in [2.75, 3.05) is 18.5 Å². The Labute approximate surface area is 101 Å². The van der Waals surface area contributed by atoms with Crippen LogP contribution in [0.4, 0.5) is 5.69 Å². The van der Waals surface area contributed by atoms with E-state index in [2.05, 4.69) is 6.07 Å². The zero-order valence-corrected chi connectivity index (χ0v) is 10.1. The van der Waals surface area contributed by atoms with E-state index in [1.807, 2.05) is 31.0 Å². The maximum Gasteiger partial charge on any atom is 0.303 e. The van der Waals surface area contributed by atoms with Gasteiger partial charge in [0.1, 0.15) is 6.07 Å². The molecule has 0 aliphatic rings. The number of aliphatic carboxylic acids is 1. The Kier molecular flexibility index (Phi) is 4.53. The van der Waals surface area contributed by atoms with E-state index in [0.29, 0.717) is 18.5 Å². The minimum atomic E-state index is -0.789. The molecule has 0 aromatic heterocycles. The van der Waals surface area contributed by atoms with Crippen molar-refractivity contribution < 1.29 is 9.90 Å². The van der Waals surface area contributed by atoms with Crippen molar-refractivity contribution in [1.82, 2.24) is 0 Å². The summed E-state index contributed by atoms with van der Waals surface area (Å²) in [5.74, 6) is -0.789. The van der Waals surface area contributed by atoms with Crippen molar-refractivity contribution in [3.05, 3.63) is 29.3 Å². The van der Waals surface area contributed by atoms with Crippen molar-refractivity contribution in [2.45, 2.75) is 19.8 Å². The second kappa shape index (κ2) is 5.90. The maximum absolute atomic E-state index is 10.4. The van der Waals surface area contributed by atoms with E-state index in [1.165, 1.54) is 0 Å². The summed E-state index contributed by atoms with van der Waals surface area (Å²) in [6.45, 7) is 2.60. The van der Waals surface area contributed by atoms with Gasteiger partial charge in [-0.3, -0.25) is 4.79 Å². The van der Waals surface area contributed by atoms with Crippen molar-refractivity contribution in [1.29, 1.82) is 5.26 Å². The second-order valence-electron chi connectivity index (χ2n) is 4.05. The summed E-state index contributed by atoms with van der Waals surface area (Å²) in [5, 5.41) is 17.6. The van der Waals surface area contributed by atoms with E-state index in [1.54, 1.807) is 6.07 Å². The third-order valence-electron chi connectivity index (χ3n) is 2.57. The average molecular weight is 232 g/mol. The highest BCUT2D eigenvalue weighted by Crippen LogP contribution is 2.20. The summed E-state index contributed by atoms with van der Waals surface area (Å²) in [7, 11) is 1.87. The summed E-state index contributed by atoms with van der Waals surface area (Å²) >= 11 is 0. The first kappa shape index (κ1) is 13.0. The summed E-state index contributed by atoms with van der Waals surface area (Å²) in [4.78, 5) is 12.3. The van der Waals surface area contributed by atoms with Crippen LogP contribution >= 0.6 is 0 Å². The lowest BCUT2D eigenvalue weighted by molar-refractivity contribution is -0.137. The Morgan fingerprint density at radius 2 is 2.24 bits per heavy atom. The fourth-order valence-electron chi connectivity index (χ4n) is 1.64. The molecule has 0 aliphatic heterocycles. The van der Waals surface area contributed by atoms with E-state index in [4.69, 9.17) is 10.4 Å². The molecule has 0 saturated heterocycles. The first-order chi connectivity index (χ1) is 8.04. The van der Waals surface area contributed by atoms with Gasteiger partial charge < -0.3 is 10.0 Å². The van der Waals surface area contributed by atoms with Crippen molar-refractivity contribution in [2.24, 2.45) is 0 Å². The molecule has 0 saturated carbocycles. The van der Waals surface area contributed by atoms with E-state index in [9.17, 15) is 4.79 Å². The van der Waals surface area contributed by atoms with E-state index in [-0.39, 0.29) is 6.42 Å². The molecule has 0 spiro atoms. The van der Waals surface area contributed by atoms with Crippen LogP contribution in [0.5, 0.6) is 0 Å². The minimum absolute atomic E-state index is 0.151. The lowest BCUT2D eigenvalue weighted by atomic mass is 10.1. The molecule has 0 fully saturated rings. The quantitative estimate of drug-likeness (QED) is 0.845. The molecule has 0 bridgehead atoms. The van der Waals surface area contributed by atoms with Gasteiger partial charge in [0.15, 0.2) is 0 Å². The number of nitriles is 1. The SMILES string of the molecule is Cc1ccc(C#N)c(N(C)CCCC(=O)O)c1. The van der Waals surface area contributed by atoms with Crippen LogP contribution in [-0.4, -0.2) is 24.7 Å². The van der Waals surface area contributed by atoms with Crippen LogP contribution in [0.25, 0.3) is 0 Å². The van der Waals surface area contributed by atoms with E-state index < -0.39 is 5.97 Å². The Morgan fingerprint density at radius 1 is 1.53 bits per heavy atom. The number of hydrogen-bond acceptors (Lipinski definition) is 3. The van der Waals surface area contributed by atoms with E-state index in [0.717, 1.165) is 11.3 Å². The Balaban J connectivity index is 2.74. The molecule has 1 aromatic rings. The molecular formula is C13H16N2O2. The van der Waals surface area contributed by atoms with Crippen molar-refractivity contribution in [3.8, 4) is 6.07 Å². The van der Waals surface area contributed by atoms with Gasteiger partial charge in [-0.1, -0.05) is 6.07 Å². The molecule has 4 heteroatoms. The third-order valence-corrected chi connectivity index (χ3v) is 2.57. The summed E-state index contributed by atoms with van der Waals surface area (Å²) in [6.07, 6.45) is 0.725. The molecule has 1 N–H and O–H groups in total. The van der Waals surface area contributed by atoms with Crippen molar-refractivity contribution >= 4 is 11.7 Å². The Morgan fingerprint density at radius 3 is 2.82 bits per heavy atom. The van der Waals surface area contributed by atoms with Gasteiger partial charge in [-0.15, -0.1) is 0 Å². The molecule has 0 heterocycles. The predicted octanol–water partition coefficient (Wildman–Crippen LogP) is 2.17. The van der Waals surface area contributed by atoms with Gasteiger partial charge >= 0.3 is 5.97 Å². The molecule has 0 amide bonds. The topological polar surface area (TPSA) is 64.3 Å². The van der Waals surface area contributed by atoms with Crippen LogP contribution in [-0.2, 0) is 4.79 Å². The number of carbonyl (C=O) groups is 1. The smallest absolute Gasteiger partial charge is 0.303 e. The number of benzene rings is 1. The first-order valence-corrected chi connectivity index (χ1v) is 5.48. The molecule has 1 aromatic carbocycles. The average Bonchev–Trinajstić information content (AvgIpc) is 2.28. The van der Waals surface area contributed by atoms with Gasteiger partial charge in [0.05, 0.1) is 11.3 Å². The molecule has 4 nitrogen and oxygen atoms in total. The first-order valence-electron chi connectivity index (χ1n) is 5.48. The van der Waals surface area contributed by atoms with Crippen LogP contribution in [0.1, 0.15) is 24.0 Å². The number of carboxylic acid groups (broad SMARTS) is 1. The fraction of sp³-hybridized carbons (Fsp3) is 0.385. The summed E-state index contributed by atoms with van der Waals surface area (Å²) < 4.78 is 0. The normalized spacial score (nSPS) is 9.71. The minimum Gasteiger partial charge on any atom is -0.481 e. The highest BCUT2D eigenvalue weighted by molar-refractivity contribution is 5.66. The van der Waals surface area contributed by atoms with Gasteiger partial charge in [0, 0.05) is 20.0 Å². The number of hydrogen-bond donors (Lipinski definition) is 1. The maximum atomic E-state index is 10.4. The largest absolute Gasteiger partial charge is 0.481 e. The van der Waals surface area contributed by atoms with Crippen LogP contribution < -0.4 is 4.90 Å². The number of carboxylic acids is 1. The van der Waals surface area contributed by atoms with Crippen molar-refractivity contribution in [3.63, 3.8) is 0 Å². The van der Waals surface area contributed by atoms with Crippen LogP contribution in [0.15, 0.2) is 18.2 Å². The zero-order valence-electron chi connectivity index (χ0n) is 10.1. The van der Waals surface area contributed by atoms with Crippen LogP contribution in [0.3, 0.4) is 0 Å². The molecule has 17 heavy (non-hydrogen) atoms. The standard InChI is InChI=1S/C13H16N2O2/c1-10-5-6-11(9-14)12(8-10)15(2)7-3-4-13(16)17/h5-6,8H,3-4,7H2,1-2H3,(H,16,17). The third kappa shape index (κ3) is 3.80. The van der Waals surface area contributed by atoms with Crippen LogP contribution in [0, 0.1) is 18.3 Å².